The molecule has 158 valence electrons. The summed E-state index contributed by atoms with van der Waals surface area (Å²) in [6.45, 7) is -0.410. The second-order valence-corrected chi connectivity index (χ2v) is 6.78. The van der Waals surface area contributed by atoms with Crippen LogP contribution in [0.5, 0.6) is 0 Å². The minimum atomic E-state index is -4.62. The number of hydrogen-bond donors (Lipinski definition) is 2. The van der Waals surface area contributed by atoms with E-state index in [9.17, 15) is 27.2 Å². The summed E-state index contributed by atoms with van der Waals surface area (Å²) in [6, 6.07) is -0.298. The Hall–Kier alpha value is -2.48. The predicted octanol–water partition coefficient (Wildman–Crippen LogP) is 3.43. The van der Waals surface area contributed by atoms with Crippen LogP contribution in [0.25, 0.3) is 0 Å². The standard InChI is InChI=1S/C14H13BrClF4N7O2/c1-3-27(5-14(18,19)20)13(29)21-10-6(15)4-7(17)8(9(10)16)11(28)22-12-23-24-25-26(12)2/h4H,3,5H2,1-2H3,(H,21,29)(H,22,23,25,28). The topological polar surface area (TPSA) is 105 Å². The average Bonchev–Trinajstić information content (AvgIpc) is 3.00. The van der Waals surface area contributed by atoms with Crippen LogP contribution in [0.4, 0.5) is 34.0 Å². The van der Waals surface area contributed by atoms with Crippen molar-refractivity contribution in [2.45, 2.75) is 13.1 Å². The molecule has 0 saturated carbocycles. The summed E-state index contributed by atoms with van der Waals surface area (Å²) < 4.78 is 53.2. The van der Waals surface area contributed by atoms with Gasteiger partial charge in [-0.3, -0.25) is 10.1 Å². The fraction of sp³-hybridized carbons (Fsp3) is 0.357. The van der Waals surface area contributed by atoms with Crippen LogP contribution >= 0.6 is 27.5 Å². The normalized spacial score (nSPS) is 11.3. The lowest BCUT2D eigenvalue weighted by Gasteiger charge is -2.23. The molecule has 1 aromatic heterocycles. The van der Waals surface area contributed by atoms with E-state index in [-0.39, 0.29) is 22.7 Å². The van der Waals surface area contributed by atoms with Crippen LogP contribution in [0, 0.1) is 5.82 Å². The number of anilines is 2. The molecular weight excluding hydrogens is 490 g/mol. The minimum absolute atomic E-state index is 0.0757. The summed E-state index contributed by atoms with van der Waals surface area (Å²) in [6.07, 6.45) is -4.62. The maximum absolute atomic E-state index is 14.3. The first-order valence-electron chi connectivity index (χ1n) is 7.78. The Bertz CT molecular complexity index is 937. The number of urea groups is 1. The molecule has 0 aliphatic heterocycles. The molecule has 0 atom stereocenters. The number of hydrogen-bond acceptors (Lipinski definition) is 5. The first kappa shape index (κ1) is 22.8. The average molecular weight is 503 g/mol. The highest BCUT2D eigenvalue weighted by molar-refractivity contribution is 9.10. The van der Waals surface area contributed by atoms with Gasteiger partial charge in [-0.15, -0.1) is 0 Å². The van der Waals surface area contributed by atoms with Gasteiger partial charge in [0.05, 0.1) is 16.3 Å². The molecule has 9 nitrogen and oxygen atoms in total. The monoisotopic (exact) mass is 501 g/mol. The Kier molecular flexibility index (Phi) is 7.00. The first-order chi connectivity index (χ1) is 13.4. The SMILES string of the molecule is CCN(CC(F)(F)F)C(=O)Nc1c(Br)cc(F)c(C(=O)Nc2nnnn2C)c1Cl. The number of tetrazole rings is 1. The Morgan fingerprint density at radius 3 is 2.52 bits per heavy atom. The molecule has 0 aliphatic carbocycles. The Balaban J connectivity index is 2.34. The van der Waals surface area contributed by atoms with Crippen molar-refractivity contribution in [3.05, 3.63) is 26.9 Å². The van der Waals surface area contributed by atoms with E-state index in [1.165, 1.54) is 14.0 Å². The minimum Gasteiger partial charge on any atom is -0.316 e. The molecule has 0 spiro atoms. The van der Waals surface area contributed by atoms with E-state index in [4.69, 9.17) is 11.6 Å². The van der Waals surface area contributed by atoms with Crippen molar-refractivity contribution in [1.82, 2.24) is 25.1 Å². The lowest BCUT2D eigenvalue weighted by Crippen LogP contribution is -2.41. The summed E-state index contributed by atoms with van der Waals surface area (Å²) in [5.74, 6) is -2.19. The molecule has 2 rings (SSSR count). The summed E-state index contributed by atoms with van der Waals surface area (Å²) >= 11 is 9.04. The number of rotatable bonds is 5. The Morgan fingerprint density at radius 1 is 1.34 bits per heavy atom. The lowest BCUT2D eigenvalue weighted by molar-refractivity contribution is -0.139. The molecule has 2 N–H and O–H groups in total. The van der Waals surface area contributed by atoms with E-state index in [1.807, 2.05) is 0 Å². The zero-order valence-electron chi connectivity index (χ0n) is 14.8. The van der Waals surface area contributed by atoms with Crippen LogP contribution < -0.4 is 10.6 Å². The molecule has 0 unspecified atom stereocenters. The van der Waals surface area contributed by atoms with Crippen molar-refractivity contribution in [3.8, 4) is 0 Å². The van der Waals surface area contributed by atoms with Gasteiger partial charge in [-0.2, -0.15) is 13.2 Å². The first-order valence-corrected chi connectivity index (χ1v) is 8.95. The van der Waals surface area contributed by atoms with Crippen LogP contribution in [0.3, 0.4) is 0 Å². The third kappa shape index (κ3) is 5.53. The maximum atomic E-state index is 14.3. The molecule has 0 fully saturated rings. The van der Waals surface area contributed by atoms with Gasteiger partial charge < -0.3 is 10.2 Å². The van der Waals surface area contributed by atoms with Crippen molar-refractivity contribution in [2.24, 2.45) is 7.05 Å². The second-order valence-electron chi connectivity index (χ2n) is 5.54. The molecular formula is C14H13BrClF4N7O2. The van der Waals surface area contributed by atoms with E-state index in [2.05, 4.69) is 42.1 Å². The number of benzene rings is 1. The smallest absolute Gasteiger partial charge is 0.316 e. The second kappa shape index (κ2) is 8.90. The third-order valence-corrected chi connectivity index (χ3v) is 4.52. The van der Waals surface area contributed by atoms with Gasteiger partial charge in [0, 0.05) is 18.1 Å². The highest BCUT2D eigenvalue weighted by Crippen LogP contribution is 2.36. The van der Waals surface area contributed by atoms with E-state index < -0.39 is 41.1 Å². The van der Waals surface area contributed by atoms with Gasteiger partial charge in [0.1, 0.15) is 12.4 Å². The molecule has 0 radical (unpaired) electrons. The number of nitrogens with zero attached hydrogens (tertiary/aromatic N) is 5. The van der Waals surface area contributed by atoms with Gasteiger partial charge in [-0.1, -0.05) is 16.7 Å². The van der Waals surface area contributed by atoms with Gasteiger partial charge >= 0.3 is 12.2 Å². The van der Waals surface area contributed by atoms with Crippen molar-refractivity contribution in [3.63, 3.8) is 0 Å². The van der Waals surface area contributed by atoms with Gasteiger partial charge in [0.2, 0.25) is 5.95 Å². The number of halogens is 6. The molecule has 29 heavy (non-hydrogen) atoms. The zero-order valence-corrected chi connectivity index (χ0v) is 17.2. The Labute approximate surface area is 174 Å². The molecule has 0 aliphatic rings. The van der Waals surface area contributed by atoms with Crippen molar-refractivity contribution >= 4 is 51.1 Å². The van der Waals surface area contributed by atoms with Gasteiger partial charge in [-0.05, 0) is 39.3 Å². The number of aryl methyl sites for hydroxylation is 1. The highest BCUT2D eigenvalue weighted by atomic mass is 79.9. The Morgan fingerprint density at radius 2 is 2.00 bits per heavy atom. The largest absolute Gasteiger partial charge is 0.406 e. The maximum Gasteiger partial charge on any atom is 0.406 e. The van der Waals surface area contributed by atoms with Gasteiger partial charge in [0.25, 0.3) is 5.91 Å². The van der Waals surface area contributed by atoms with Crippen LogP contribution in [-0.4, -0.2) is 56.3 Å². The van der Waals surface area contributed by atoms with E-state index in [0.717, 1.165) is 10.7 Å². The molecule has 1 heterocycles. The van der Waals surface area contributed by atoms with Crippen LogP contribution in [0.1, 0.15) is 17.3 Å². The quantitative estimate of drug-likeness (QED) is 0.610. The van der Waals surface area contributed by atoms with Crippen LogP contribution in [-0.2, 0) is 7.05 Å². The zero-order chi connectivity index (χ0) is 21.9. The number of amides is 3. The lowest BCUT2D eigenvalue weighted by atomic mass is 10.1. The summed E-state index contributed by atoms with van der Waals surface area (Å²) in [7, 11) is 1.42. The summed E-state index contributed by atoms with van der Waals surface area (Å²) in [4.78, 5) is 25.1. The van der Waals surface area contributed by atoms with E-state index >= 15 is 0 Å². The number of nitrogens with one attached hydrogen (secondary N) is 2. The number of carbonyl (C=O) groups is 2. The third-order valence-electron chi connectivity index (χ3n) is 3.51. The fourth-order valence-corrected chi connectivity index (χ4v) is 3.08. The summed E-state index contributed by atoms with van der Waals surface area (Å²) in [5, 5.41) is 14.2. The molecule has 0 bridgehead atoms. The van der Waals surface area contributed by atoms with E-state index in [0.29, 0.717) is 4.90 Å². The summed E-state index contributed by atoms with van der Waals surface area (Å²) in [5.41, 5.74) is -0.938. The molecule has 3 amide bonds. The van der Waals surface area contributed by atoms with E-state index in [1.54, 1.807) is 0 Å². The van der Waals surface area contributed by atoms with Crippen LogP contribution in [0.2, 0.25) is 5.02 Å². The molecule has 2 aromatic rings. The predicted molar refractivity (Wildman–Crippen MR) is 98.2 cm³/mol. The van der Waals surface area contributed by atoms with Gasteiger partial charge in [0.15, 0.2) is 0 Å². The number of alkyl halides is 3. The number of carbonyl (C=O) groups excluding carboxylic acids is 2. The molecule has 1 aromatic carbocycles. The highest BCUT2D eigenvalue weighted by Gasteiger charge is 2.33. The van der Waals surface area contributed by atoms with Crippen molar-refractivity contribution in [2.75, 3.05) is 23.7 Å². The fourth-order valence-electron chi connectivity index (χ4n) is 2.14. The van der Waals surface area contributed by atoms with Gasteiger partial charge in [-0.25, -0.2) is 13.9 Å². The van der Waals surface area contributed by atoms with Crippen molar-refractivity contribution < 1.29 is 27.2 Å². The molecule has 0 saturated heterocycles. The molecule has 15 heteroatoms. The van der Waals surface area contributed by atoms with Crippen LogP contribution in [0.15, 0.2) is 10.5 Å². The van der Waals surface area contributed by atoms with Crippen molar-refractivity contribution in [1.29, 1.82) is 0 Å². The number of aromatic nitrogens is 4.